The second-order valence-electron chi connectivity index (χ2n) is 11.2. The van der Waals surface area contributed by atoms with Gasteiger partial charge in [0.25, 0.3) is 0 Å². The van der Waals surface area contributed by atoms with Crippen LogP contribution in [0.15, 0.2) is 72.8 Å². The van der Waals surface area contributed by atoms with Gasteiger partial charge in [-0.1, -0.05) is 0 Å². The van der Waals surface area contributed by atoms with Gasteiger partial charge in [0, 0.05) is 36.4 Å². The Labute approximate surface area is 208 Å². The average molecular weight is 564 g/mol. The van der Waals surface area contributed by atoms with E-state index in [0.717, 1.165) is 13.4 Å². The first-order chi connectivity index (χ1) is 14.6. The van der Waals surface area contributed by atoms with Crippen molar-refractivity contribution in [3.05, 3.63) is 72.8 Å². The molecule has 3 nitrogen and oxygen atoms in total. The fraction of sp³-hybridized carbons (Fsp3) is 0.333. The number of hydrogen-bond acceptors (Lipinski definition) is 0. The Kier molecular flexibility index (Phi) is 6.97. The summed E-state index contributed by atoms with van der Waals surface area (Å²) in [6.45, 7) is 0. The van der Waals surface area contributed by atoms with Crippen LogP contribution in [0.2, 0.25) is 0 Å². The average Bonchev–Trinajstić information content (AvgIpc) is 2.71. The molecule has 0 saturated heterocycles. The standard InChI is InChI=1S/C27H39IN3P/c1-29(2,3)22-10-16-25(17-11-22)32(28,26-18-12-23(13-19-26)30(4,5)6)27-20-14-24(15-21-27)31(7,8)9/h10-21H,1-9H3/q+4. The number of benzene rings is 3. The number of hydrogen-bond donors (Lipinski definition) is 0. The Hall–Kier alpha value is -1.30. The summed E-state index contributed by atoms with van der Waals surface area (Å²) >= 11 is 2.77. The molecule has 3 aromatic rings. The Bertz CT molecular complexity index is 913. The quantitative estimate of drug-likeness (QED) is 0.227. The molecule has 0 unspecified atom stereocenters. The molecule has 5 heteroatoms. The molecule has 0 aliphatic carbocycles. The zero-order chi connectivity index (χ0) is 23.9. The zero-order valence-corrected chi connectivity index (χ0v) is 24.1. The van der Waals surface area contributed by atoms with Crippen molar-refractivity contribution in [2.45, 2.75) is 0 Å². The largest absolute Gasteiger partial charge is 0.298 e. The van der Waals surface area contributed by atoms with E-state index in [1.54, 1.807) is 0 Å². The molecule has 0 heterocycles. The second kappa shape index (κ2) is 8.81. The van der Waals surface area contributed by atoms with Crippen molar-refractivity contribution in [1.29, 1.82) is 0 Å². The molecule has 0 aliphatic rings. The minimum absolute atomic E-state index is 0.823. The third-order valence-electron chi connectivity index (χ3n) is 5.94. The molecule has 3 aromatic carbocycles. The van der Waals surface area contributed by atoms with Gasteiger partial charge in [0.2, 0.25) is 0 Å². The van der Waals surface area contributed by atoms with E-state index in [1.807, 2.05) is 0 Å². The molecule has 0 saturated carbocycles. The highest BCUT2D eigenvalue weighted by molar-refractivity contribution is 14.2. The SMILES string of the molecule is C[N+](C)(C)c1ccc([P+](I)(c2ccc([N+](C)(C)C)cc2)c2ccc([N+](C)(C)C)cc2)cc1. The summed E-state index contributed by atoms with van der Waals surface area (Å²) in [4.78, 5) is -1.79. The minimum Gasteiger partial charge on any atom is -0.298 e. The summed E-state index contributed by atoms with van der Waals surface area (Å²) in [7, 11) is 20.0. The van der Waals surface area contributed by atoms with Crippen molar-refractivity contribution in [3.8, 4) is 0 Å². The fourth-order valence-electron chi connectivity index (χ4n) is 3.76. The van der Waals surface area contributed by atoms with Gasteiger partial charge < -0.3 is 0 Å². The monoisotopic (exact) mass is 563 g/mol. The molecule has 0 fully saturated rings. The van der Waals surface area contributed by atoms with Crippen LogP contribution < -0.4 is 29.4 Å². The molecule has 0 radical (unpaired) electrons. The summed E-state index contributed by atoms with van der Waals surface area (Å²) in [5, 5.41) is 4.23. The van der Waals surface area contributed by atoms with E-state index in [4.69, 9.17) is 0 Å². The summed E-state index contributed by atoms with van der Waals surface area (Å²) in [5.41, 5.74) is 3.95. The van der Waals surface area contributed by atoms with Crippen LogP contribution in [0.25, 0.3) is 0 Å². The van der Waals surface area contributed by atoms with Crippen LogP contribution in [0.4, 0.5) is 17.1 Å². The number of halogens is 1. The molecule has 32 heavy (non-hydrogen) atoms. The Morgan fingerprint density at radius 3 is 0.750 bits per heavy atom. The van der Waals surface area contributed by atoms with E-state index in [9.17, 15) is 0 Å². The third kappa shape index (κ3) is 5.26. The lowest BCUT2D eigenvalue weighted by atomic mass is 10.3. The smallest absolute Gasteiger partial charge is 0.173 e. The molecular weight excluding hydrogens is 524 g/mol. The first-order valence-electron chi connectivity index (χ1n) is 11.0. The van der Waals surface area contributed by atoms with Crippen molar-refractivity contribution in [2.24, 2.45) is 0 Å². The summed E-state index contributed by atoms with van der Waals surface area (Å²) < 4.78 is 2.47. The summed E-state index contributed by atoms with van der Waals surface area (Å²) in [6.07, 6.45) is 0. The first kappa shape index (κ1) is 25.3. The van der Waals surface area contributed by atoms with E-state index in [0.29, 0.717) is 0 Å². The van der Waals surface area contributed by atoms with Crippen molar-refractivity contribution < 1.29 is 0 Å². The van der Waals surface area contributed by atoms with Crippen LogP contribution in [0.1, 0.15) is 0 Å². The topological polar surface area (TPSA) is 0 Å². The number of nitrogens with zero attached hydrogens (tertiary/aromatic N) is 3. The molecule has 0 amide bonds. The van der Waals surface area contributed by atoms with Gasteiger partial charge in [-0.15, -0.1) is 0 Å². The van der Waals surface area contributed by atoms with Gasteiger partial charge in [-0.3, -0.25) is 13.4 Å². The highest BCUT2D eigenvalue weighted by atomic mass is 127. The minimum atomic E-state index is -1.79. The molecule has 0 N–H and O–H groups in total. The predicted molar refractivity (Wildman–Crippen MR) is 158 cm³/mol. The van der Waals surface area contributed by atoms with E-state index >= 15 is 0 Å². The molecule has 0 bridgehead atoms. The van der Waals surface area contributed by atoms with Crippen LogP contribution in [0.3, 0.4) is 0 Å². The van der Waals surface area contributed by atoms with Crippen LogP contribution in [-0.4, -0.2) is 63.4 Å². The Morgan fingerprint density at radius 2 is 0.594 bits per heavy atom. The molecule has 170 valence electrons. The van der Waals surface area contributed by atoms with Gasteiger partial charge in [0.15, 0.2) is 26.9 Å². The van der Waals surface area contributed by atoms with Crippen molar-refractivity contribution >= 4 is 59.9 Å². The number of quaternary nitrogens is 3. The van der Waals surface area contributed by atoms with Crippen LogP contribution in [0, 0.1) is 0 Å². The van der Waals surface area contributed by atoms with E-state index in [1.165, 1.54) is 33.0 Å². The van der Waals surface area contributed by atoms with E-state index in [-0.39, 0.29) is 0 Å². The normalized spacial score (nSPS) is 13.3. The maximum atomic E-state index is 2.77. The molecular formula is C27H39IN3P+4. The van der Waals surface area contributed by atoms with E-state index in [2.05, 4.69) is 158 Å². The van der Waals surface area contributed by atoms with Crippen LogP contribution >= 0.6 is 26.9 Å². The van der Waals surface area contributed by atoms with Crippen molar-refractivity contribution in [2.75, 3.05) is 63.4 Å². The highest BCUT2D eigenvalue weighted by Crippen LogP contribution is 2.63. The maximum absolute atomic E-state index is 2.77. The van der Waals surface area contributed by atoms with Crippen LogP contribution in [0.5, 0.6) is 0 Å². The highest BCUT2D eigenvalue weighted by Gasteiger charge is 2.44. The van der Waals surface area contributed by atoms with Crippen molar-refractivity contribution in [3.63, 3.8) is 0 Å². The molecule has 0 atom stereocenters. The summed E-state index contributed by atoms with van der Waals surface area (Å²) in [5.74, 6) is 0. The lowest BCUT2D eigenvalue weighted by molar-refractivity contribution is 0.486. The van der Waals surface area contributed by atoms with Gasteiger partial charge >= 0.3 is 0 Å². The molecule has 0 spiro atoms. The number of rotatable bonds is 6. The van der Waals surface area contributed by atoms with Crippen molar-refractivity contribution in [1.82, 2.24) is 13.4 Å². The third-order valence-corrected chi connectivity index (χ3v) is 14.0. The van der Waals surface area contributed by atoms with Gasteiger partial charge in [-0.05, 0) is 36.4 Å². The molecule has 0 aliphatic heterocycles. The van der Waals surface area contributed by atoms with E-state index < -0.39 is 4.90 Å². The van der Waals surface area contributed by atoms with Gasteiger partial charge in [-0.2, -0.15) is 0 Å². The predicted octanol–water partition coefficient (Wildman–Crippen LogP) is 4.92. The van der Waals surface area contributed by atoms with Gasteiger partial charge in [0.05, 0.1) is 63.4 Å². The second-order valence-corrected chi connectivity index (χ2v) is 18.2. The summed E-state index contributed by atoms with van der Waals surface area (Å²) in [6, 6.07) is 27.9. The Balaban J connectivity index is 2.17. The zero-order valence-electron chi connectivity index (χ0n) is 21.1. The Morgan fingerprint density at radius 1 is 0.406 bits per heavy atom. The lowest BCUT2D eigenvalue weighted by Gasteiger charge is -2.27. The molecule has 0 aromatic heterocycles. The first-order valence-corrected chi connectivity index (χ1v) is 15.6. The fourth-order valence-corrected chi connectivity index (χ4v) is 9.23. The lowest BCUT2D eigenvalue weighted by Crippen LogP contribution is -2.36. The van der Waals surface area contributed by atoms with Gasteiger partial charge in [-0.25, -0.2) is 0 Å². The van der Waals surface area contributed by atoms with Crippen LogP contribution in [-0.2, 0) is 0 Å². The molecule has 3 rings (SSSR count). The van der Waals surface area contributed by atoms with Gasteiger partial charge in [0.1, 0.15) is 33.0 Å². The maximum Gasteiger partial charge on any atom is 0.173 e.